The lowest BCUT2D eigenvalue weighted by molar-refractivity contribution is -0.144. The van der Waals surface area contributed by atoms with E-state index in [4.69, 9.17) is 4.74 Å². The highest BCUT2D eigenvalue weighted by molar-refractivity contribution is 5.78. The Morgan fingerprint density at radius 3 is 2.58 bits per heavy atom. The summed E-state index contributed by atoms with van der Waals surface area (Å²) in [6.07, 6.45) is 2.00. The number of rotatable bonds is 4. The molecular weight excluding hydrogens is 238 g/mol. The number of aryl methyl sites for hydroxylation is 1. The van der Waals surface area contributed by atoms with E-state index in [9.17, 15) is 4.79 Å². The number of para-hydroxylation sites is 1. The molecule has 19 heavy (non-hydrogen) atoms. The molecule has 1 atom stereocenters. The molecule has 0 aliphatic heterocycles. The fourth-order valence-corrected chi connectivity index (χ4v) is 2.28. The molecule has 0 N–H and O–H groups in total. The minimum atomic E-state index is -0.268. The van der Waals surface area contributed by atoms with Gasteiger partial charge in [0.25, 0.3) is 0 Å². The lowest BCUT2D eigenvalue weighted by atomic mass is 10.0. The van der Waals surface area contributed by atoms with Crippen LogP contribution in [-0.2, 0) is 9.53 Å². The lowest BCUT2D eigenvalue weighted by Crippen LogP contribution is -2.16. The molecule has 1 aromatic carbocycles. The number of hydrogen-bond acceptors (Lipinski definition) is 2. The zero-order valence-corrected chi connectivity index (χ0v) is 11.6. The van der Waals surface area contributed by atoms with E-state index in [2.05, 4.69) is 4.57 Å². The van der Waals surface area contributed by atoms with Crippen LogP contribution in [0.25, 0.3) is 5.69 Å². The van der Waals surface area contributed by atoms with Gasteiger partial charge >= 0.3 is 5.97 Å². The van der Waals surface area contributed by atoms with Crippen LogP contribution >= 0.6 is 0 Å². The lowest BCUT2D eigenvalue weighted by Gasteiger charge is -2.16. The molecule has 0 aliphatic rings. The third kappa shape index (κ3) is 2.70. The highest BCUT2D eigenvalue weighted by Gasteiger charge is 2.22. The average Bonchev–Trinajstić information content (AvgIpc) is 2.81. The van der Waals surface area contributed by atoms with E-state index in [0.29, 0.717) is 6.61 Å². The zero-order chi connectivity index (χ0) is 13.8. The number of benzene rings is 1. The van der Waals surface area contributed by atoms with Crippen molar-refractivity contribution < 1.29 is 9.53 Å². The Labute approximate surface area is 113 Å². The first-order valence-electron chi connectivity index (χ1n) is 6.55. The third-order valence-corrected chi connectivity index (χ3v) is 3.22. The monoisotopic (exact) mass is 257 g/mol. The van der Waals surface area contributed by atoms with Crippen molar-refractivity contribution in [1.29, 1.82) is 0 Å². The van der Waals surface area contributed by atoms with E-state index in [-0.39, 0.29) is 11.9 Å². The standard InChI is InChI=1S/C16H19NO2/c1-4-19-16(18)13(3)15-12(2)10-11-17(15)14-8-6-5-7-9-14/h5-11,13H,4H2,1-3H3. The van der Waals surface area contributed by atoms with E-state index >= 15 is 0 Å². The number of ether oxygens (including phenoxy) is 1. The minimum Gasteiger partial charge on any atom is -0.465 e. The highest BCUT2D eigenvalue weighted by Crippen LogP contribution is 2.25. The van der Waals surface area contributed by atoms with Crippen molar-refractivity contribution in [2.75, 3.05) is 6.61 Å². The van der Waals surface area contributed by atoms with Crippen LogP contribution in [0.3, 0.4) is 0 Å². The first-order valence-corrected chi connectivity index (χ1v) is 6.55. The van der Waals surface area contributed by atoms with Gasteiger partial charge in [0, 0.05) is 17.6 Å². The van der Waals surface area contributed by atoms with E-state index in [1.807, 2.05) is 63.4 Å². The fraction of sp³-hybridized carbons (Fsp3) is 0.312. The molecule has 3 heteroatoms. The molecule has 1 aromatic heterocycles. The predicted molar refractivity (Wildman–Crippen MR) is 75.6 cm³/mol. The molecule has 1 heterocycles. The molecule has 0 aliphatic carbocycles. The van der Waals surface area contributed by atoms with E-state index < -0.39 is 0 Å². The molecule has 0 saturated carbocycles. The van der Waals surface area contributed by atoms with Gasteiger partial charge in [-0.05, 0) is 44.5 Å². The van der Waals surface area contributed by atoms with Gasteiger partial charge in [0.15, 0.2) is 0 Å². The average molecular weight is 257 g/mol. The maximum atomic E-state index is 11.9. The fourth-order valence-electron chi connectivity index (χ4n) is 2.28. The molecule has 2 aromatic rings. The highest BCUT2D eigenvalue weighted by atomic mass is 16.5. The number of carbonyl (C=O) groups excluding carboxylic acids is 1. The van der Waals surface area contributed by atoms with Crippen molar-refractivity contribution in [3.05, 3.63) is 53.9 Å². The van der Waals surface area contributed by atoms with Crippen molar-refractivity contribution in [1.82, 2.24) is 4.57 Å². The van der Waals surface area contributed by atoms with Crippen molar-refractivity contribution in [2.45, 2.75) is 26.7 Å². The first kappa shape index (κ1) is 13.4. The number of carbonyl (C=O) groups is 1. The van der Waals surface area contributed by atoms with Gasteiger partial charge in [0.05, 0.1) is 12.5 Å². The largest absolute Gasteiger partial charge is 0.465 e. The molecule has 2 rings (SSSR count). The van der Waals surface area contributed by atoms with Crippen LogP contribution in [0, 0.1) is 6.92 Å². The van der Waals surface area contributed by atoms with Gasteiger partial charge in [0.2, 0.25) is 0 Å². The minimum absolute atomic E-state index is 0.179. The Hall–Kier alpha value is -2.03. The van der Waals surface area contributed by atoms with Gasteiger partial charge in [-0.2, -0.15) is 0 Å². The molecule has 0 saturated heterocycles. The summed E-state index contributed by atoms with van der Waals surface area (Å²) in [4.78, 5) is 11.9. The summed E-state index contributed by atoms with van der Waals surface area (Å²) in [6, 6.07) is 12.0. The van der Waals surface area contributed by atoms with Crippen molar-refractivity contribution in [3.63, 3.8) is 0 Å². The quantitative estimate of drug-likeness (QED) is 0.785. The van der Waals surface area contributed by atoms with E-state index in [1.54, 1.807) is 0 Å². The van der Waals surface area contributed by atoms with Crippen LogP contribution in [0.1, 0.15) is 31.0 Å². The summed E-state index contributed by atoms with van der Waals surface area (Å²) in [5.41, 5.74) is 3.15. The van der Waals surface area contributed by atoms with Gasteiger partial charge in [-0.3, -0.25) is 4.79 Å². The molecule has 1 unspecified atom stereocenters. The Kier molecular flexibility index (Phi) is 4.05. The summed E-state index contributed by atoms with van der Waals surface area (Å²) in [5, 5.41) is 0. The molecule has 0 fully saturated rings. The van der Waals surface area contributed by atoms with Crippen molar-refractivity contribution in [2.24, 2.45) is 0 Å². The van der Waals surface area contributed by atoms with Gasteiger partial charge < -0.3 is 9.30 Å². The molecule has 0 radical (unpaired) electrons. The maximum absolute atomic E-state index is 11.9. The predicted octanol–water partition coefficient (Wildman–Crippen LogP) is 3.45. The van der Waals surface area contributed by atoms with Crippen LogP contribution < -0.4 is 0 Å². The summed E-state index contributed by atoms with van der Waals surface area (Å²) in [5.74, 6) is -0.448. The van der Waals surface area contributed by atoms with Gasteiger partial charge in [-0.15, -0.1) is 0 Å². The number of esters is 1. The molecule has 0 bridgehead atoms. The van der Waals surface area contributed by atoms with Crippen LogP contribution in [0.4, 0.5) is 0 Å². The summed E-state index contributed by atoms with van der Waals surface area (Å²) >= 11 is 0. The van der Waals surface area contributed by atoms with Crippen molar-refractivity contribution >= 4 is 5.97 Å². The first-order chi connectivity index (χ1) is 9.15. The van der Waals surface area contributed by atoms with Crippen LogP contribution in [-0.4, -0.2) is 17.1 Å². The smallest absolute Gasteiger partial charge is 0.314 e. The van der Waals surface area contributed by atoms with Gasteiger partial charge in [0.1, 0.15) is 0 Å². The molecule has 3 nitrogen and oxygen atoms in total. The van der Waals surface area contributed by atoms with E-state index in [0.717, 1.165) is 16.9 Å². The second-order valence-corrected chi connectivity index (χ2v) is 4.56. The Morgan fingerprint density at radius 2 is 1.95 bits per heavy atom. The summed E-state index contributed by atoms with van der Waals surface area (Å²) in [7, 11) is 0. The SMILES string of the molecule is CCOC(=O)C(C)c1c(C)ccn1-c1ccccc1. The van der Waals surface area contributed by atoms with E-state index in [1.165, 1.54) is 0 Å². The normalized spacial score (nSPS) is 12.2. The number of nitrogens with zero attached hydrogens (tertiary/aromatic N) is 1. The number of hydrogen-bond donors (Lipinski definition) is 0. The Bertz CT molecular complexity index is 557. The van der Waals surface area contributed by atoms with Gasteiger partial charge in [-0.1, -0.05) is 18.2 Å². The summed E-state index contributed by atoms with van der Waals surface area (Å²) < 4.78 is 7.17. The molecule has 0 spiro atoms. The van der Waals surface area contributed by atoms with Crippen LogP contribution in [0.2, 0.25) is 0 Å². The maximum Gasteiger partial charge on any atom is 0.314 e. The third-order valence-electron chi connectivity index (χ3n) is 3.22. The van der Waals surface area contributed by atoms with Gasteiger partial charge in [-0.25, -0.2) is 0 Å². The molecule has 0 amide bonds. The second kappa shape index (κ2) is 5.74. The topological polar surface area (TPSA) is 31.2 Å². The zero-order valence-electron chi connectivity index (χ0n) is 11.6. The van der Waals surface area contributed by atoms with Crippen molar-refractivity contribution in [3.8, 4) is 5.69 Å². The second-order valence-electron chi connectivity index (χ2n) is 4.56. The summed E-state index contributed by atoms with van der Waals surface area (Å²) in [6.45, 7) is 6.15. The molecule has 100 valence electrons. The molecular formula is C16H19NO2. The Morgan fingerprint density at radius 1 is 1.26 bits per heavy atom. The van der Waals surface area contributed by atoms with Crippen LogP contribution in [0.5, 0.6) is 0 Å². The van der Waals surface area contributed by atoms with Crippen LogP contribution in [0.15, 0.2) is 42.6 Å². The number of aromatic nitrogens is 1. The Balaban J connectivity index is 2.41.